The minimum absolute atomic E-state index is 0.0533. The van der Waals surface area contributed by atoms with Crippen LogP contribution >= 0.6 is 22.6 Å². The van der Waals surface area contributed by atoms with Gasteiger partial charge in [-0.3, -0.25) is 4.79 Å². The summed E-state index contributed by atoms with van der Waals surface area (Å²) in [6.07, 6.45) is 3.80. The number of carbonyl (C=O) groups excluding carboxylic acids is 1. The Labute approximate surface area is 190 Å². The minimum Gasteiger partial charge on any atom is -0.462 e. The van der Waals surface area contributed by atoms with Crippen molar-refractivity contribution in [3.05, 3.63) is 75.2 Å². The van der Waals surface area contributed by atoms with Crippen molar-refractivity contribution in [1.29, 1.82) is 0 Å². The number of aromatic nitrogens is 1. The van der Waals surface area contributed by atoms with Gasteiger partial charge in [-0.1, -0.05) is 6.07 Å². The number of nitrogens with two attached hydrogens (primary N) is 1. The number of halogens is 3. The van der Waals surface area contributed by atoms with Crippen molar-refractivity contribution in [2.24, 2.45) is 0 Å². The topological polar surface area (TPSA) is 72.4 Å². The zero-order valence-corrected chi connectivity index (χ0v) is 18.3. The number of rotatable bonds is 3. The maximum absolute atomic E-state index is 13.9. The predicted molar refractivity (Wildman–Crippen MR) is 123 cm³/mol. The molecule has 31 heavy (non-hydrogen) atoms. The molecule has 1 aliphatic rings. The standard InChI is InChI=1S/C23H16F2IN3O2/c24-15-2-3-17(25)14(8-15)9-20(30)29-6-5-13-7-12(1-4-19(13)29)16-11-31-22-18(26)10-28-23(27)21(16)22/h1-4,7-8,10-11H,5-6,9H2,(H2,27,28). The lowest BCUT2D eigenvalue weighted by Crippen LogP contribution is -2.30. The number of furan rings is 1. The summed E-state index contributed by atoms with van der Waals surface area (Å²) in [4.78, 5) is 18.7. The highest BCUT2D eigenvalue weighted by Crippen LogP contribution is 2.38. The number of amides is 1. The van der Waals surface area contributed by atoms with Gasteiger partial charge in [0.1, 0.15) is 17.5 Å². The highest BCUT2D eigenvalue weighted by Gasteiger charge is 2.26. The predicted octanol–water partition coefficient (Wildman–Crippen LogP) is 5.09. The number of hydrogen-bond donors (Lipinski definition) is 1. The average molecular weight is 531 g/mol. The van der Waals surface area contributed by atoms with Gasteiger partial charge in [0.25, 0.3) is 0 Å². The third-order valence-electron chi connectivity index (χ3n) is 5.52. The van der Waals surface area contributed by atoms with Gasteiger partial charge >= 0.3 is 0 Å². The van der Waals surface area contributed by atoms with Gasteiger partial charge in [-0.2, -0.15) is 0 Å². The van der Waals surface area contributed by atoms with Crippen LogP contribution in [0.4, 0.5) is 20.3 Å². The van der Waals surface area contributed by atoms with Crippen molar-refractivity contribution >= 4 is 51.0 Å². The molecule has 0 unspecified atom stereocenters. The molecule has 0 radical (unpaired) electrons. The number of anilines is 2. The fourth-order valence-corrected chi connectivity index (χ4v) is 4.55. The molecule has 5 rings (SSSR count). The Balaban J connectivity index is 1.46. The molecule has 5 nitrogen and oxygen atoms in total. The van der Waals surface area contributed by atoms with Crippen molar-refractivity contribution in [2.45, 2.75) is 12.8 Å². The first kappa shape index (κ1) is 19.9. The highest BCUT2D eigenvalue weighted by atomic mass is 127. The van der Waals surface area contributed by atoms with E-state index in [0.717, 1.165) is 49.5 Å². The molecule has 4 aromatic rings. The lowest BCUT2D eigenvalue weighted by Gasteiger charge is -2.18. The molecule has 156 valence electrons. The van der Waals surface area contributed by atoms with Crippen LogP contribution < -0.4 is 10.6 Å². The number of carbonyl (C=O) groups is 1. The summed E-state index contributed by atoms with van der Waals surface area (Å²) in [5.41, 5.74) is 10.4. The SMILES string of the molecule is Nc1ncc(I)c2occ(-c3ccc4c(c3)CCN4C(=O)Cc3cc(F)ccc3F)c12. The lowest BCUT2D eigenvalue weighted by atomic mass is 10.0. The summed E-state index contributed by atoms with van der Waals surface area (Å²) < 4.78 is 34.0. The quantitative estimate of drug-likeness (QED) is 0.374. The van der Waals surface area contributed by atoms with E-state index in [9.17, 15) is 13.6 Å². The Morgan fingerprint density at radius 2 is 2.06 bits per heavy atom. The van der Waals surface area contributed by atoms with Crippen LogP contribution in [0.3, 0.4) is 0 Å². The smallest absolute Gasteiger partial charge is 0.231 e. The first-order chi connectivity index (χ1) is 14.9. The van der Waals surface area contributed by atoms with Crippen molar-refractivity contribution in [2.75, 3.05) is 17.2 Å². The average Bonchev–Trinajstić information content (AvgIpc) is 3.38. The second kappa shape index (κ2) is 7.60. The Bertz CT molecular complexity index is 1350. The molecule has 0 bridgehead atoms. The molecule has 0 saturated carbocycles. The molecule has 3 heterocycles. The molecular weight excluding hydrogens is 515 g/mol. The van der Waals surface area contributed by atoms with Gasteiger partial charge in [-0.05, 0) is 70.5 Å². The van der Waals surface area contributed by atoms with Gasteiger partial charge in [0.15, 0.2) is 5.58 Å². The van der Waals surface area contributed by atoms with Crippen LogP contribution in [0, 0.1) is 15.2 Å². The highest BCUT2D eigenvalue weighted by molar-refractivity contribution is 14.1. The zero-order valence-electron chi connectivity index (χ0n) is 16.2. The van der Waals surface area contributed by atoms with E-state index >= 15 is 0 Å². The molecule has 0 atom stereocenters. The van der Waals surface area contributed by atoms with Crippen molar-refractivity contribution < 1.29 is 18.0 Å². The zero-order chi connectivity index (χ0) is 21.7. The van der Waals surface area contributed by atoms with E-state index in [0.29, 0.717) is 24.4 Å². The van der Waals surface area contributed by atoms with Gasteiger partial charge in [0.2, 0.25) is 5.91 Å². The monoisotopic (exact) mass is 531 g/mol. The number of pyridine rings is 1. The van der Waals surface area contributed by atoms with E-state index in [1.807, 2.05) is 18.2 Å². The third-order valence-corrected chi connectivity index (χ3v) is 6.29. The maximum atomic E-state index is 13.9. The third kappa shape index (κ3) is 3.44. The first-order valence-corrected chi connectivity index (χ1v) is 10.7. The van der Waals surface area contributed by atoms with Gasteiger partial charge in [0, 0.05) is 29.6 Å². The van der Waals surface area contributed by atoms with Crippen LogP contribution in [0.1, 0.15) is 11.1 Å². The first-order valence-electron chi connectivity index (χ1n) is 9.61. The van der Waals surface area contributed by atoms with Gasteiger partial charge in [0.05, 0.1) is 21.6 Å². The number of nitrogen functional groups attached to an aromatic ring is 1. The summed E-state index contributed by atoms with van der Waals surface area (Å²) in [5, 5.41) is 0.763. The Morgan fingerprint density at radius 3 is 2.90 bits per heavy atom. The second-order valence-electron chi connectivity index (χ2n) is 7.40. The molecular formula is C23H16F2IN3O2. The summed E-state index contributed by atoms with van der Waals surface area (Å²) in [5.74, 6) is -1.02. The van der Waals surface area contributed by atoms with Crippen LogP contribution in [-0.2, 0) is 17.6 Å². The Hall–Kier alpha value is -3.01. The van der Waals surface area contributed by atoms with E-state index < -0.39 is 11.6 Å². The molecule has 0 aliphatic carbocycles. The molecule has 2 aromatic heterocycles. The summed E-state index contributed by atoms with van der Waals surface area (Å²) in [7, 11) is 0. The van der Waals surface area contributed by atoms with Crippen molar-refractivity contribution in [3.8, 4) is 11.1 Å². The van der Waals surface area contributed by atoms with Gasteiger partial charge < -0.3 is 15.1 Å². The number of fused-ring (bicyclic) bond motifs is 2. The minimum atomic E-state index is -0.586. The van der Waals surface area contributed by atoms with E-state index in [-0.39, 0.29) is 17.9 Å². The number of hydrogen-bond acceptors (Lipinski definition) is 4. The van der Waals surface area contributed by atoms with Gasteiger partial charge in [-0.25, -0.2) is 13.8 Å². The fraction of sp³-hybridized carbons (Fsp3) is 0.130. The summed E-state index contributed by atoms with van der Waals surface area (Å²) >= 11 is 2.15. The van der Waals surface area contributed by atoms with Crippen LogP contribution in [-0.4, -0.2) is 17.4 Å². The fourth-order valence-electron chi connectivity index (χ4n) is 4.02. The number of nitrogens with zero attached hydrogens (tertiary/aromatic N) is 2. The maximum Gasteiger partial charge on any atom is 0.231 e. The van der Waals surface area contributed by atoms with E-state index in [2.05, 4.69) is 27.6 Å². The lowest BCUT2D eigenvalue weighted by molar-refractivity contribution is -0.117. The largest absolute Gasteiger partial charge is 0.462 e. The molecule has 1 aliphatic heterocycles. The van der Waals surface area contributed by atoms with Crippen LogP contribution in [0.2, 0.25) is 0 Å². The molecule has 0 spiro atoms. The van der Waals surface area contributed by atoms with Crippen molar-refractivity contribution in [1.82, 2.24) is 4.98 Å². The molecule has 0 fully saturated rings. The van der Waals surface area contributed by atoms with E-state index in [4.69, 9.17) is 10.2 Å². The van der Waals surface area contributed by atoms with E-state index in [1.54, 1.807) is 17.4 Å². The van der Waals surface area contributed by atoms with Crippen LogP contribution in [0.15, 0.2) is 53.3 Å². The Morgan fingerprint density at radius 1 is 1.23 bits per heavy atom. The summed E-state index contributed by atoms with van der Waals surface area (Å²) in [6, 6.07) is 8.93. The normalized spacial score (nSPS) is 13.1. The van der Waals surface area contributed by atoms with E-state index in [1.165, 1.54) is 0 Å². The van der Waals surface area contributed by atoms with Crippen LogP contribution in [0.25, 0.3) is 22.1 Å². The summed E-state index contributed by atoms with van der Waals surface area (Å²) in [6.45, 7) is 0.488. The van der Waals surface area contributed by atoms with Crippen LogP contribution in [0.5, 0.6) is 0 Å². The molecule has 8 heteroatoms. The molecule has 0 saturated heterocycles. The molecule has 1 amide bonds. The van der Waals surface area contributed by atoms with Gasteiger partial charge in [-0.15, -0.1) is 0 Å². The number of benzene rings is 2. The Kier molecular flexibility index (Phi) is 4.88. The van der Waals surface area contributed by atoms with Crippen molar-refractivity contribution in [3.63, 3.8) is 0 Å². The molecule has 2 aromatic carbocycles. The molecule has 2 N–H and O–H groups in total. The second-order valence-corrected chi connectivity index (χ2v) is 8.56.